The number of halogens is 1. The summed E-state index contributed by atoms with van der Waals surface area (Å²) >= 11 is 0. The molecule has 0 radical (unpaired) electrons. The predicted octanol–water partition coefficient (Wildman–Crippen LogP) is 3.52. The van der Waals surface area contributed by atoms with Crippen molar-refractivity contribution in [3.63, 3.8) is 0 Å². The number of nitrogens with zero attached hydrogens (tertiary/aromatic N) is 2. The van der Waals surface area contributed by atoms with Gasteiger partial charge in [-0.05, 0) is 36.8 Å². The van der Waals surface area contributed by atoms with Crippen LogP contribution in [0.1, 0.15) is 18.5 Å². The van der Waals surface area contributed by atoms with E-state index in [1.165, 1.54) is 12.1 Å². The van der Waals surface area contributed by atoms with Crippen molar-refractivity contribution >= 4 is 22.7 Å². The van der Waals surface area contributed by atoms with Gasteiger partial charge in [0.25, 0.3) is 0 Å². The molecule has 3 N–H and O–H groups in total. The number of aromatic nitrogens is 2. The first-order chi connectivity index (χ1) is 10.1. The SMILES string of the molecule is CC(Nc1nc2ccccc2nc1N)c1cccc(F)c1. The molecule has 3 rings (SSSR count). The lowest BCUT2D eigenvalue weighted by atomic mass is 10.1. The molecule has 0 aliphatic heterocycles. The third-order valence-electron chi connectivity index (χ3n) is 3.30. The van der Waals surface area contributed by atoms with Crippen molar-refractivity contribution < 1.29 is 4.39 Å². The minimum absolute atomic E-state index is 0.126. The summed E-state index contributed by atoms with van der Waals surface area (Å²) in [6, 6.07) is 13.8. The molecular formula is C16H15FN4. The molecule has 0 aliphatic carbocycles. The van der Waals surface area contributed by atoms with E-state index in [0.717, 1.165) is 16.6 Å². The summed E-state index contributed by atoms with van der Waals surface area (Å²) in [5.41, 5.74) is 8.27. The van der Waals surface area contributed by atoms with E-state index in [9.17, 15) is 4.39 Å². The second kappa shape index (κ2) is 5.36. The monoisotopic (exact) mass is 282 g/mol. The largest absolute Gasteiger partial charge is 0.381 e. The number of nitrogens with one attached hydrogen (secondary N) is 1. The van der Waals surface area contributed by atoms with Crippen LogP contribution >= 0.6 is 0 Å². The lowest BCUT2D eigenvalue weighted by Crippen LogP contribution is -2.11. The minimum atomic E-state index is -0.265. The van der Waals surface area contributed by atoms with Gasteiger partial charge in [0.2, 0.25) is 0 Å². The number of nitrogen functional groups attached to an aromatic ring is 1. The highest BCUT2D eigenvalue weighted by molar-refractivity contribution is 5.79. The van der Waals surface area contributed by atoms with Crippen LogP contribution in [0.25, 0.3) is 11.0 Å². The summed E-state index contributed by atoms with van der Waals surface area (Å²) in [7, 11) is 0. The van der Waals surface area contributed by atoms with Gasteiger partial charge in [0.1, 0.15) is 5.82 Å². The van der Waals surface area contributed by atoms with Gasteiger partial charge in [-0.15, -0.1) is 0 Å². The molecule has 4 nitrogen and oxygen atoms in total. The quantitative estimate of drug-likeness (QED) is 0.771. The van der Waals surface area contributed by atoms with Gasteiger partial charge < -0.3 is 11.1 Å². The summed E-state index contributed by atoms with van der Waals surface area (Å²) in [5.74, 6) is 0.570. The Hall–Kier alpha value is -2.69. The first-order valence-corrected chi connectivity index (χ1v) is 6.68. The molecule has 0 spiro atoms. The first-order valence-electron chi connectivity index (χ1n) is 6.68. The van der Waals surface area contributed by atoms with E-state index in [-0.39, 0.29) is 11.9 Å². The van der Waals surface area contributed by atoms with Gasteiger partial charge in [-0.1, -0.05) is 24.3 Å². The van der Waals surface area contributed by atoms with Crippen molar-refractivity contribution in [2.24, 2.45) is 0 Å². The maximum Gasteiger partial charge on any atom is 0.170 e. The molecule has 1 aromatic heterocycles. The molecule has 0 bridgehead atoms. The smallest absolute Gasteiger partial charge is 0.170 e. The molecule has 1 unspecified atom stereocenters. The Morgan fingerprint density at radius 1 is 1.05 bits per heavy atom. The Bertz CT molecular complexity index is 788. The molecule has 1 atom stereocenters. The molecule has 0 saturated heterocycles. The number of benzene rings is 2. The highest BCUT2D eigenvalue weighted by Crippen LogP contribution is 2.23. The zero-order valence-corrected chi connectivity index (χ0v) is 11.5. The normalized spacial score (nSPS) is 12.3. The molecular weight excluding hydrogens is 267 g/mol. The Kier molecular flexibility index (Phi) is 3.39. The van der Waals surface area contributed by atoms with Crippen LogP contribution in [0.2, 0.25) is 0 Å². The molecule has 106 valence electrons. The van der Waals surface area contributed by atoms with Crippen LogP contribution in [-0.4, -0.2) is 9.97 Å². The highest BCUT2D eigenvalue weighted by atomic mass is 19.1. The summed E-state index contributed by atoms with van der Waals surface area (Å²) < 4.78 is 13.3. The van der Waals surface area contributed by atoms with Gasteiger partial charge in [0, 0.05) is 0 Å². The van der Waals surface area contributed by atoms with Gasteiger partial charge in [0.15, 0.2) is 11.6 Å². The standard InChI is InChI=1S/C16H15FN4/c1-10(11-5-4-6-12(17)9-11)19-16-15(18)20-13-7-2-3-8-14(13)21-16/h2-10H,1H3,(H2,18,20)(H,19,21). The third kappa shape index (κ3) is 2.76. The van der Waals surface area contributed by atoms with Gasteiger partial charge in [-0.25, -0.2) is 14.4 Å². The fraction of sp³-hybridized carbons (Fsp3) is 0.125. The van der Waals surface area contributed by atoms with E-state index in [1.54, 1.807) is 6.07 Å². The number of hydrogen-bond donors (Lipinski definition) is 2. The molecule has 0 aliphatic rings. The van der Waals surface area contributed by atoms with Crippen LogP contribution < -0.4 is 11.1 Å². The van der Waals surface area contributed by atoms with Crippen LogP contribution in [0.4, 0.5) is 16.0 Å². The van der Waals surface area contributed by atoms with Crippen molar-refractivity contribution in [2.45, 2.75) is 13.0 Å². The average Bonchev–Trinajstić information content (AvgIpc) is 2.48. The average molecular weight is 282 g/mol. The Labute approximate surface area is 121 Å². The molecule has 21 heavy (non-hydrogen) atoms. The lowest BCUT2D eigenvalue weighted by molar-refractivity contribution is 0.623. The van der Waals surface area contributed by atoms with Gasteiger partial charge in [-0.2, -0.15) is 0 Å². The lowest BCUT2D eigenvalue weighted by Gasteiger charge is -2.16. The van der Waals surface area contributed by atoms with Gasteiger partial charge >= 0.3 is 0 Å². The third-order valence-corrected chi connectivity index (χ3v) is 3.30. The molecule has 0 saturated carbocycles. The number of hydrogen-bond acceptors (Lipinski definition) is 4. The Morgan fingerprint density at radius 3 is 2.48 bits per heavy atom. The highest BCUT2D eigenvalue weighted by Gasteiger charge is 2.11. The molecule has 0 amide bonds. The van der Waals surface area contributed by atoms with Crippen LogP contribution in [0.5, 0.6) is 0 Å². The zero-order valence-electron chi connectivity index (χ0n) is 11.5. The molecule has 3 aromatic rings. The molecule has 5 heteroatoms. The van der Waals surface area contributed by atoms with Crippen molar-refractivity contribution in [3.05, 3.63) is 59.9 Å². The maximum atomic E-state index is 13.3. The van der Waals surface area contributed by atoms with E-state index in [1.807, 2.05) is 37.3 Å². The van der Waals surface area contributed by atoms with Crippen molar-refractivity contribution in [1.29, 1.82) is 0 Å². The van der Waals surface area contributed by atoms with Crippen molar-refractivity contribution in [2.75, 3.05) is 11.1 Å². The second-order valence-electron chi connectivity index (χ2n) is 4.87. The van der Waals surface area contributed by atoms with E-state index >= 15 is 0 Å². The summed E-state index contributed by atoms with van der Waals surface area (Å²) in [4.78, 5) is 8.79. The van der Waals surface area contributed by atoms with Crippen LogP contribution in [-0.2, 0) is 0 Å². The zero-order chi connectivity index (χ0) is 14.8. The number of fused-ring (bicyclic) bond motifs is 1. The fourth-order valence-corrected chi connectivity index (χ4v) is 2.18. The van der Waals surface area contributed by atoms with Gasteiger partial charge in [0.05, 0.1) is 17.1 Å². The van der Waals surface area contributed by atoms with Gasteiger partial charge in [-0.3, -0.25) is 0 Å². The van der Waals surface area contributed by atoms with Crippen LogP contribution in [0.15, 0.2) is 48.5 Å². The van der Waals surface area contributed by atoms with Crippen molar-refractivity contribution in [1.82, 2.24) is 9.97 Å². The maximum absolute atomic E-state index is 13.3. The van der Waals surface area contributed by atoms with E-state index in [4.69, 9.17) is 5.73 Å². The van der Waals surface area contributed by atoms with Crippen molar-refractivity contribution in [3.8, 4) is 0 Å². The Balaban J connectivity index is 1.92. The van der Waals surface area contributed by atoms with E-state index in [2.05, 4.69) is 15.3 Å². The predicted molar refractivity (Wildman–Crippen MR) is 82.4 cm³/mol. The fourth-order valence-electron chi connectivity index (χ4n) is 2.18. The van der Waals surface area contributed by atoms with Crippen LogP contribution in [0, 0.1) is 5.82 Å². The summed E-state index contributed by atoms with van der Waals surface area (Å²) in [6.07, 6.45) is 0. The molecule has 2 aromatic carbocycles. The molecule has 0 fully saturated rings. The van der Waals surface area contributed by atoms with Crippen LogP contribution in [0.3, 0.4) is 0 Å². The topological polar surface area (TPSA) is 63.8 Å². The number of anilines is 2. The second-order valence-corrected chi connectivity index (χ2v) is 4.87. The number of nitrogens with two attached hydrogens (primary N) is 1. The summed E-state index contributed by atoms with van der Waals surface area (Å²) in [5, 5.41) is 3.18. The molecule has 1 heterocycles. The van der Waals surface area contributed by atoms with E-state index in [0.29, 0.717) is 11.6 Å². The first kappa shape index (κ1) is 13.3. The number of para-hydroxylation sites is 2. The number of rotatable bonds is 3. The Morgan fingerprint density at radius 2 is 1.76 bits per heavy atom. The van der Waals surface area contributed by atoms with E-state index < -0.39 is 0 Å². The minimum Gasteiger partial charge on any atom is -0.381 e. The summed E-state index contributed by atoms with van der Waals surface area (Å²) in [6.45, 7) is 1.92.